The van der Waals surface area contributed by atoms with Crippen LogP contribution in [0.5, 0.6) is 0 Å². The third-order valence-electron chi connectivity index (χ3n) is 4.80. The van der Waals surface area contributed by atoms with Gasteiger partial charge in [-0.1, -0.05) is 6.07 Å². The highest BCUT2D eigenvalue weighted by molar-refractivity contribution is 6.62. The summed E-state index contributed by atoms with van der Waals surface area (Å²) in [6.45, 7) is 9.71. The minimum Gasteiger partial charge on any atom is -0.399 e. The van der Waals surface area contributed by atoms with Crippen molar-refractivity contribution in [2.75, 3.05) is 18.0 Å². The first-order valence-electron chi connectivity index (χ1n) is 7.57. The van der Waals surface area contributed by atoms with E-state index in [4.69, 9.17) is 9.31 Å². The summed E-state index contributed by atoms with van der Waals surface area (Å²) in [5.41, 5.74) is -0.577. The first-order chi connectivity index (χ1) is 9.80. The Kier molecular flexibility index (Phi) is 3.49. The molecule has 0 aromatic carbocycles. The van der Waals surface area contributed by atoms with Crippen LogP contribution in [0.3, 0.4) is 0 Å². The second kappa shape index (κ2) is 4.95. The predicted octanol–water partition coefficient (Wildman–Crippen LogP) is 2.12. The van der Waals surface area contributed by atoms with Crippen LogP contribution in [0, 0.1) is 5.95 Å². The number of pyridine rings is 1. The van der Waals surface area contributed by atoms with Gasteiger partial charge in [-0.25, -0.2) is 4.98 Å². The van der Waals surface area contributed by atoms with Crippen molar-refractivity contribution in [3.05, 3.63) is 18.1 Å². The van der Waals surface area contributed by atoms with Gasteiger partial charge in [0.05, 0.1) is 11.2 Å². The minimum atomic E-state index is -0.699. The molecule has 114 valence electrons. The largest absolute Gasteiger partial charge is 0.499 e. The number of halogens is 1. The van der Waals surface area contributed by atoms with Gasteiger partial charge in [-0.2, -0.15) is 4.39 Å². The van der Waals surface area contributed by atoms with E-state index in [-0.39, 0.29) is 0 Å². The van der Waals surface area contributed by atoms with Crippen molar-refractivity contribution in [2.24, 2.45) is 0 Å². The van der Waals surface area contributed by atoms with Crippen LogP contribution in [-0.4, -0.2) is 36.4 Å². The summed E-state index contributed by atoms with van der Waals surface area (Å²) in [7, 11) is -0.699. The van der Waals surface area contributed by atoms with Crippen molar-refractivity contribution in [3.63, 3.8) is 0 Å². The Bertz CT molecular complexity index is 528. The molecular weight excluding hydrogens is 270 g/mol. The summed E-state index contributed by atoms with van der Waals surface area (Å²) in [6, 6.07) is 3.59. The molecule has 2 aliphatic heterocycles. The summed E-state index contributed by atoms with van der Waals surface area (Å²) >= 11 is 0. The summed E-state index contributed by atoms with van der Waals surface area (Å²) in [5.74, 6) is 0.197. The van der Waals surface area contributed by atoms with Crippen molar-refractivity contribution in [2.45, 2.75) is 51.7 Å². The average molecular weight is 292 g/mol. The molecule has 3 heterocycles. The molecule has 0 N–H and O–H groups in total. The molecule has 0 atom stereocenters. The maximum Gasteiger partial charge on any atom is 0.499 e. The van der Waals surface area contributed by atoms with E-state index < -0.39 is 24.3 Å². The molecule has 0 saturated carbocycles. The standard InChI is InChI=1S/C15H22BFN2O2/c1-14(2)15(3,4)21-16(20-14)11-7-8-12(18-13(11)17)19-9-5-6-10-19/h7-8H,5-6,9-10H2,1-4H3. The van der Waals surface area contributed by atoms with Gasteiger partial charge in [0.15, 0.2) is 0 Å². The molecule has 0 amide bonds. The highest BCUT2D eigenvalue weighted by Gasteiger charge is 2.52. The first kappa shape index (κ1) is 14.8. The number of hydrogen-bond donors (Lipinski definition) is 0. The number of anilines is 1. The topological polar surface area (TPSA) is 34.6 Å². The average Bonchev–Trinajstić information content (AvgIpc) is 2.96. The zero-order valence-corrected chi connectivity index (χ0v) is 13.1. The zero-order chi connectivity index (χ0) is 15.3. The Hall–Kier alpha value is -1.14. The van der Waals surface area contributed by atoms with Gasteiger partial charge in [0, 0.05) is 18.6 Å². The SMILES string of the molecule is CC1(C)OB(c2ccc(N3CCCC3)nc2F)OC1(C)C. The minimum absolute atomic E-state index is 0.372. The van der Waals surface area contributed by atoms with E-state index >= 15 is 0 Å². The van der Waals surface area contributed by atoms with E-state index in [0.717, 1.165) is 25.9 Å². The van der Waals surface area contributed by atoms with Crippen molar-refractivity contribution < 1.29 is 13.7 Å². The van der Waals surface area contributed by atoms with Gasteiger partial charge in [-0.15, -0.1) is 0 Å². The molecule has 6 heteroatoms. The fraction of sp³-hybridized carbons (Fsp3) is 0.667. The lowest BCUT2D eigenvalue weighted by atomic mass is 9.80. The van der Waals surface area contributed by atoms with Gasteiger partial charge in [0.25, 0.3) is 0 Å². The van der Waals surface area contributed by atoms with Crippen LogP contribution < -0.4 is 10.4 Å². The second-order valence-corrected chi connectivity index (χ2v) is 6.83. The number of nitrogens with zero attached hydrogens (tertiary/aromatic N) is 2. The van der Waals surface area contributed by atoms with Crippen molar-refractivity contribution in [1.29, 1.82) is 0 Å². The van der Waals surface area contributed by atoms with E-state index in [0.29, 0.717) is 11.3 Å². The van der Waals surface area contributed by atoms with Crippen LogP contribution in [0.2, 0.25) is 0 Å². The van der Waals surface area contributed by atoms with E-state index in [1.165, 1.54) is 0 Å². The van der Waals surface area contributed by atoms with Crippen LogP contribution >= 0.6 is 0 Å². The quantitative estimate of drug-likeness (QED) is 0.618. The lowest BCUT2D eigenvalue weighted by Crippen LogP contribution is -2.41. The highest BCUT2D eigenvalue weighted by Crippen LogP contribution is 2.36. The molecule has 0 spiro atoms. The summed E-state index contributed by atoms with van der Waals surface area (Å²) in [6.07, 6.45) is 2.28. The molecule has 1 aromatic heterocycles. The van der Waals surface area contributed by atoms with Crippen LogP contribution in [0.25, 0.3) is 0 Å². The maximum atomic E-state index is 14.4. The van der Waals surface area contributed by atoms with Gasteiger partial charge in [0.2, 0.25) is 5.95 Å². The summed E-state index contributed by atoms with van der Waals surface area (Å²) in [4.78, 5) is 6.20. The molecule has 1 aromatic rings. The molecule has 0 radical (unpaired) electrons. The Morgan fingerprint density at radius 2 is 1.67 bits per heavy atom. The van der Waals surface area contributed by atoms with E-state index in [2.05, 4.69) is 9.88 Å². The van der Waals surface area contributed by atoms with E-state index in [1.54, 1.807) is 6.07 Å². The summed E-state index contributed by atoms with van der Waals surface area (Å²) in [5, 5.41) is 0. The smallest absolute Gasteiger partial charge is 0.399 e. The molecule has 4 nitrogen and oxygen atoms in total. The molecule has 0 unspecified atom stereocenters. The van der Waals surface area contributed by atoms with E-state index in [9.17, 15) is 4.39 Å². The third-order valence-corrected chi connectivity index (χ3v) is 4.80. The van der Waals surface area contributed by atoms with Crippen LogP contribution in [0.15, 0.2) is 12.1 Å². The lowest BCUT2D eigenvalue weighted by Gasteiger charge is -2.32. The Morgan fingerprint density at radius 3 is 2.19 bits per heavy atom. The van der Waals surface area contributed by atoms with Crippen LogP contribution in [0.4, 0.5) is 10.2 Å². The van der Waals surface area contributed by atoms with Crippen molar-refractivity contribution in [3.8, 4) is 0 Å². The molecule has 0 aliphatic carbocycles. The molecule has 2 aliphatic rings. The van der Waals surface area contributed by atoms with Gasteiger partial charge in [-0.05, 0) is 46.6 Å². The normalized spacial score (nSPS) is 23.9. The predicted molar refractivity (Wildman–Crippen MR) is 81.4 cm³/mol. The third kappa shape index (κ3) is 2.55. The number of hydrogen-bond acceptors (Lipinski definition) is 4. The first-order valence-corrected chi connectivity index (χ1v) is 7.57. The zero-order valence-electron chi connectivity index (χ0n) is 13.1. The molecule has 2 saturated heterocycles. The Morgan fingerprint density at radius 1 is 1.10 bits per heavy atom. The Labute approximate surface area is 125 Å². The second-order valence-electron chi connectivity index (χ2n) is 6.83. The number of aromatic nitrogens is 1. The van der Waals surface area contributed by atoms with Gasteiger partial charge < -0.3 is 14.2 Å². The molecule has 2 fully saturated rings. The van der Waals surface area contributed by atoms with E-state index in [1.807, 2.05) is 33.8 Å². The highest BCUT2D eigenvalue weighted by atomic mass is 19.1. The maximum absolute atomic E-state index is 14.4. The molecule has 21 heavy (non-hydrogen) atoms. The molecule has 0 bridgehead atoms. The van der Waals surface area contributed by atoms with Crippen LogP contribution in [0.1, 0.15) is 40.5 Å². The van der Waals surface area contributed by atoms with Crippen LogP contribution in [-0.2, 0) is 9.31 Å². The summed E-state index contributed by atoms with van der Waals surface area (Å²) < 4.78 is 26.1. The monoisotopic (exact) mass is 292 g/mol. The molecular formula is C15H22BFN2O2. The van der Waals surface area contributed by atoms with Crippen molar-refractivity contribution in [1.82, 2.24) is 4.98 Å². The fourth-order valence-electron chi connectivity index (χ4n) is 2.70. The fourth-order valence-corrected chi connectivity index (χ4v) is 2.70. The van der Waals surface area contributed by atoms with Gasteiger partial charge in [0.1, 0.15) is 5.82 Å². The lowest BCUT2D eigenvalue weighted by molar-refractivity contribution is 0.00578. The van der Waals surface area contributed by atoms with Gasteiger partial charge in [-0.3, -0.25) is 0 Å². The molecule has 3 rings (SSSR count). The van der Waals surface area contributed by atoms with Gasteiger partial charge >= 0.3 is 7.12 Å². The Balaban J connectivity index is 1.84. The van der Waals surface area contributed by atoms with Crippen molar-refractivity contribution >= 4 is 18.4 Å². The number of rotatable bonds is 2.